The maximum Gasteiger partial charge on any atom is 0.253 e. The summed E-state index contributed by atoms with van der Waals surface area (Å²) in [4.78, 5) is 8.04. The molecule has 1 nitrogen and oxygen atoms in total. The molecule has 0 saturated carbocycles. The molecule has 4 aliphatic rings. The van der Waals surface area contributed by atoms with Crippen LogP contribution in [0.15, 0.2) is 199 Å². The number of fused-ring (bicyclic) bond motifs is 8. The van der Waals surface area contributed by atoms with Crippen molar-refractivity contribution in [1.82, 2.24) is 0 Å². The van der Waals surface area contributed by atoms with E-state index < -0.39 is 0 Å². The van der Waals surface area contributed by atoms with Gasteiger partial charge in [-0.15, -0.1) is 0 Å². The summed E-state index contributed by atoms with van der Waals surface area (Å²) in [5.41, 5.74) is 15.5. The summed E-state index contributed by atoms with van der Waals surface area (Å²) in [5, 5.41) is 0. The van der Waals surface area contributed by atoms with Crippen LogP contribution in [-0.2, 0) is 0 Å². The molecule has 6 heteroatoms. The smallest absolute Gasteiger partial charge is 0.253 e. The van der Waals surface area contributed by atoms with Crippen molar-refractivity contribution in [3.05, 3.63) is 170 Å². The van der Waals surface area contributed by atoms with E-state index in [2.05, 4.69) is 170 Å². The molecule has 12 rings (SSSR count). The summed E-state index contributed by atoms with van der Waals surface area (Å²) < 4.78 is 6.85. The van der Waals surface area contributed by atoms with Crippen molar-refractivity contribution in [1.29, 1.82) is 0 Å². The highest BCUT2D eigenvalue weighted by atomic mass is 32.2. The zero-order valence-corrected chi connectivity index (χ0v) is 31.4. The molecule has 0 N–H and O–H groups in total. The van der Waals surface area contributed by atoms with Crippen molar-refractivity contribution in [3.63, 3.8) is 0 Å². The summed E-state index contributed by atoms with van der Waals surface area (Å²) >= 11 is 5.77. The van der Waals surface area contributed by atoms with Crippen molar-refractivity contribution in [2.24, 2.45) is 0 Å². The quantitative estimate of drug-likeness (QED) is 0.167. The fraction of sp³-hybridized carbons (Fsp3) is 0. The highest BCUT2D eigenvalue weighted by molar-refractivity contribution is 8.01. The number of hydrogen-bond donors (Lipinski definition) is 0. The molecular formula is C48H28B2OS3. The van der Waals surface area contributed by atoms with Crippen LogP contribution < -0.4 is 37.5 Å². The van der Waals surface area contributed by atoms with Crippen molar-refractivity contribution in [2.45, 2.75) is 29.4 Å². The fourth-order valence-corrected chi connectivity index (χ4v) is 12.7. The van der Waals surface area contributed by atoms with Gasteiger partial charge in [-0.1, -0.05) is 179 Å². The number of benzene rings is 8. The Morgan fingerprint density at radius 2 is 0.852 bits per heavy atom. The lowest BCUT2D eigenvalue weighted by Crippen LogP contribution is -2.62. The first-order chi connectivity index (χ1) is 26.7. The first-order valence-electron chi connectivity index (χ1n) is 18.4. The largest absolute Gasteiger partial charge is 0.458 e. The van der Waals surface area contributed by atoms with Crippen LogP contribution in [0.4, 0.5) is 0 Å². The molecule has 0 radical (unpaired) electrons. The number of hydrogen-bond acceptors (Lipinski definition) is 4. The van der Waals surface area contributed by atoms with Gasteiger partial charge in [0.2, 0.25) is 6.71 Å². The predicted molar refractivity (Wildman–Crippen MR) is 230 cm³/mol. The molecule has 0 unspecified atom stereocenters. The second kappa shape index (κ2) is 12.1. The highest BCUT2D eigenvalue weighted by Gasteiger charge is 2.43. The Kier molecular flexibility index (Phi) is 6.99. The summed E-state index contributed by atoms with van der Waals surface area (Å²) in [5.74, 6) is 1.90. The van der Waals surface area contributed by atoms with E-state index in [1.165, 1.54) is 95.5 Å². The van der Waals surface area contributed by atoms with E-state index >= 15 is 0 Å². The van der Waals surface area contributed by atoms with E-state index in [9.17, 15) is 0 Å². The van der Waals surface area contributed by atoms with Crippen molar-refractivity contribution in [2.75, 3.05) is 0 Å². The van der Waals surface area contributed by atoms with Crippen LogP contribution in [-0.4, -0.2) is 13.4 Å². The van der Waals surface area contributed by atoms with Crippen LogP contribution in [0.3, 0.4) is 0 Å². The number of rotatable bonds is 3. The molecule has 0 saturated heterocycles. The molecule has 4 aliphatic heterocycles. The van der Waals surface area contributed by atoms with Crippen LogP contribution in [0.2, 0.25) is 0 Å². The van der Waals surface area contributed by atoms with Crippen molar-refractivity contribution in [3.8, 4) is 44.9 Å². The van der Waals surface area contributed by atoms with Crippen LogP contribution in [0.25, 0.3) is 33.4 Å². The number of para-hydroxylation sites is 1. The maximum absolute atomic E-state index is 6.85. The Hall–Kier alpha value is -5.26. The molecule has 0 amide bonds. The summed E-state index contributed by atoms with van der Waals surface area (Å²) in [6.07, 6.45) is 0. The van der Waals surface area contributed by atoms with Gasteiger partial charge < -0.3 is 4.74 Å². The first-order valence-corrected chi connectivity index (χ1v) is 20.8. The Morgan fingerprint density at radius 1 is 0.315 bits per heavy atom. The fourth-order valence-electron chi connectivity index (χ4n) is 8.94. The molecule has 54 heavy (non-hydrogen) atoms. The van der Waals surface area contributed by atoms with Gasteiger partial charge in [0.05, 0.1) is 0 Å². The zero-order valence-electron chi connectivity index (χ0n) is 29.0. The van der Waals surface area contributed by atoms with Gasteiger partial charge in [-0.25, -0.2) is 0 Å². The summed E-state index contributed by atoms with van der Waals surface area (Å²) in [7, 11) is 0. The first kappa shape index (κ1) is 31.1. The Labute approximate surface area is 328 Å². The molecule has 250 valence electrons. The van der Waals surface area contributed by atoms with E-state index in [4.69, 9.17) is 4.74 Å². The van der Waals surface area contributed by atoms with E-state index in [-0.39, 0.29) is 13.4 Å². The van der Waals surface area contributed by atoms with Gasteiger partial charge in [0.1, 0.15) is 11.5 Å². The van der Waals surface area contributed by atoms with Gasteiger partial charge in [0.25, 0.3) is 6.71 Å². The van der Waals surface area contributed by atoms with Gasteiger partial charge >= 0.3 is 0 Å². The van der Waals surface area contributed by atoms with Crippen LogP contribution >= 0.6 is 35.3 Å². The number of ether oxygens (including phenoxy) is 1. The molecule has 0 fully saturated rings. The lowest BCUT2D eigenvalue weighted by molar-refractivity contribution is 0.486. The van der Waals surface area contributed by atoms with E-state index in [0.29, 0.717) is 0 Å². The summed E-state index contributed by atoms with van der Waals surface area (Å²) in [6.45, 7) is 0.260. The summed E-state index contributed by atoms with van der Waals surface area (Å²) in [6, 6.07) is 62.6. The second-order valence-electron chi connectivity index (χ2n) is 14.3. The minimum absolute atomic E-state index is 0.0828. The van der Waals surface area contributed by atoms with Gasteiger partial charge in [-0.05, 0) is 92.2 Å². The molecule has 0 aromatic heterocycles. The lowest BCUT2D eigenvalue weighted by Gasteiger charge is -2.37. The minimum Gasteiger partial charge on any atom is -0.458 e. The van der Waals surface area contributed by atoms with Gasteiger partial charge in [0.15, 0.2) is 0 Å². The lowest BCUT2D eigenvalue weighted by atomic mass is 9.32. The van der Waals surface area contributed by atoms with E-state index in [0.717, 1.165) is 11.5 Å². The third kappa shape index (κ3) is 4.73. The molecule has 0 aliphatic carbocycles. The Balaban J connectivity index is 1.06. The molecule has 8 aromatic rings. The van der Waals surface area contributed by atoms with Crippen LogP contribution in [0.5, 0.6) is 11.5 Å². The average Bonchev–Trinajstić information content (AvgIpc) is 3.23. The highest BCUT2D eigenvalue weighted by Crippen LogP contribution is 2.45. The van der Waals surface area contributed by atoms with Gasteiger partial charge in [-0.2, -0.15) is 0 Å². The van der Waals surface area contributed by atoms with Gasteiger partial charge in [0, 0.05) is 29.4 Å². The maximum atomic E-state index is 6.85. The molecule has 0 bridgehead atoms. The minimum atomic E-state index is 0.0828. The monoisotopic (exact) mass is 738 g/mol. The second-order valence-corrected chi connectivity index (χ2v) is 17.6. The Morgan fingerprint density at radius 3 is 1.59 bits per heavy atom. The molecule has 0 atom stereocenters. The molecular weight excluding hydrogens is 710 g/mol. The third-order valence-corrected chi connectivity index (χ3v) is 14.7. The normalized spacial score (nSPS) is 13.8. The topological polar surface area (TPSA) is 9.23 Å². The van der Waals surface area contributed by atoms with E-state index in [1.54, 1.807) is 0 Å². The van der Waals surface area contributed by atoms with Crippen LogP contribution in [0.1, 0.15) is 0 Å². The van der Waals surface area contributed by atoms with E-state index in [1.807, 2.05) is 35.3 Å². The van der Waals surface area contributed by atoms with Crippen molar-refractivity contribution < 1.29 is 4.74 Å². The predicted octanol–water partition coefficient (Wildman–Crippen LogP) is 9.22. The third-order valence-electron chi connectivity index (χ3n) is 11.3. The van der Waals surface area contributed by atoms with Gasteiger partial charge in [-0.3, -0.25) is 0 Å². The SMILES string of the molecule is c1ccc(-c2cc3c4c(c2)Sc2cc5c(cc2B4c2ccccc2S3)B2c3ccccc3Oc3cc(-c4ccccc4-c4ccccc4)cc(c32)S5)cc1. The van der Waals surface area contributed by atoms with Crippen LogP contribution in [0, 0.1) is 0 Å². The molecule has 4 heterocycles. The molecule has 8 aromatic carbocycles. The molecule has 0 spiro atoms. The zero-order chi connectivity index (χ0) is 35.3. The standard InChI is InChI=1S/C48H28B2OS3/c1-3-13-29(14-4-1)31-24-45-48-46(25-31)54-43-28-42-37(27-38(43)50(48)36-20-10-12-22-41(36)52-45)49-35-19-9-11-21-39(35)51-40-23-32(26-44(53-42)47(40)49)34-18-8-7-17-33(34)30-15-5-2-6-16-30/h1-28H. The van der Waals surface area contributed by atoms with Crippen molar-refractivity contribution >= 4 is 81.5 Å². The Bertz CT molecular complexity index is 2860. The average molecular weight is 739 g/mol.